The number of aliphatic carboxylic acids is 1. The van der Waals surface area contributed by atoms with Gasteiger partial charge in [0.1, 0.15) is 4.92 Å². The fourth-order valence-corrected chi connectivity index (χ4v) is 1.73. The molecule has 1 heterocycles. The molecule has 0 unspecified atom stereocenters. The zero-order chi connectivity index (χ0) is 14.4. The Morgan fingerprint density at radius 3 is 2.68 bits per heavy atom. The maximum absolute atomic E-state index is 11.6. The van der Waals surface area contributed by atoms with Crippen LogP contribution >= 0.6 is 11.8 Å². The summed E-state index contributed by atoms with van der Waals surface area (Å²) in [6.07, 6.45) is 1.99. The largest absolute Gasteiger partial charge is 0.548 e. The van der Waals surface area contributed by atoms with Crippen molar-refractivity contribution in [1.82, 2.24) is 5.32 Å². The van der Waals surface area contributed by atoms with Crippen LogP contribution in [0, 0.1) is 10.1 Å². The lowest BCUT2D eigenvalue weighted by atomic mass is 10.2. The van der Waals surface area contributed by atoms with Crippen LogP contribution in [0.15, 0.2) is 16.5 Å². The second-order valence-electron chi connectivity index (χ2n) is 3.52. The van der Waals surface area contributed by atoms with Gasteiger partial charge >= 0.3 is 5.88 Å². The predicted octanol–water partition coefficient (Wildman–Crippen LogP) is -0.211. The van der Waals surface area contributed by atoms with E-state index in [1.807, 2.05) is 0 Å². The second-order valence-corrected chi connectivity index (χ2v) is 4.51. The Morgan fingerprint density at radius 2 is 2.21 bits per heavy atom. The summed E-state index contributed by atoms with van der Waals surface area (Å²) in [5.41, 5.74) is 0. The number of nitrogens with zero attached hydrogens (tertiary/aromatic N) is 1. The Balaban J connectivity index is 2.70. The molecule has 0 fully saturated rings. The lowest BCUT2D eigenvalue weighted by molar-refractivity contribution is -0.402. The molecule has 1 rings (SSSR count). The van der Waals surface area contributed by atoms with E-state index >= 15 is 0 Å². The van der Waals surface area contributed by atoms with Crippen molar-refractivity contribution in [3.05, 3.63) is 28.0 Å². The van der Waals surface area contributed by atoms with Crippen LogP contribution in [-0.4, -0.2) is 34.9 Å². The first-order valence-electron chi connectivity index (χ1n) is 5.20. The fraction of sp³-hybridized carbons (Fsp3) is 0.400. The highest BCUT2D eigenvalue weighted by Crippen LogP contribution is 2.15. The number of carboxylic acids is 1. The highest BCUT2D eigenvalue weighted by molar-refractivity contribution is 7.98. The van der Waals surface area contributed by atoms with Gasteiger partial charge in [-0.25, -0.2) is 0 Å². The van der Waals surface area contributed by atoms with Crippen LogP contribution in [0.1, 0.15) is 17.0 Å². The van der Waals surface area contributed by atoms with Gasteiger partial charge in [0.15, 0.2) is 5.76 Å². The minimum atomic E-state index is -1.41. The molecule has 0 aliphatic carbocycles. The molecule has 104 valence electrons. The van der Waals surface area contributed by atoms with Crippen LogP contribution in [0.4, 0.5) is 5.88 Å². The zero-order valence-corrected chi connectivity index (χ0v) is 10.8. The number of nitro groups is 1. The summed E-state index contributed by atoms with van der Waals surface area (Å²) >= 11 is 1.42. The third kappa shape index (κ3) is 4.28. The van der Waals surface area contributed by atoms with Gasteiger partial charge in [-0.15, -0.1) is 0 Å². The third-order valence-corrected chi connectivity index (χ3v) is 2.84. The molecule has 1 amide bonds. The number of rotatable bonds is 7. The molecule has 0 radical (unpaired) electrons. The molecule has 9 heteroatoms. The highest BCUT2D eigenvalue weighted by atomic mass is 32.2. The average molecular weight is 287 g/mol. The van der Waals surface area contributed by atoms with Gasteiger partial charge in [0.05, 0.1) is 18.1 Å². The number of amides is 1. The van der Waals surface area contributed by atoms with Crippen LogP contribution < -0.4 is 10.4 Å². The molecule has 1 N–H and O–H groups in total. The first-order chi connectivity index (χ1) is 8.95. The van der Waals surface area contributed by atoms with Crippen molar-refractivity contribution < 1.29 is 24.0 Å². The summed E-state index contributed by atoms with van der Waals surface area (Å²) in [5.74, 6) is -2.62. The zero-order valence-electron chi connectivity index (χ0n) is 9.95. The standard InChI is InChI=1S/C10H12N2O6S/c1-19-5-4-6(10(14)15)11-9(13)7-2-3-8(18-7)12(16)17/h2-3,6H,4-5H2,1H3,(H,11,13)(H,14,15)/p-1/t6-/m0/s1. The molecule has 0 saturated carbocycles. The van der Waals surface area contributed by atoms with E-state index in [4.69, 9.17) is 0 Å². The van der Waals surface area contributed by atoms with E-state index in [2.05, 4.69) is 9.73 Å². The van der Waals surface area contributed by atoms with Crippen LogP contribution in [0.25, 0.3) is 0 Å². The number of carboxylic acid groups (broad SMARTS) is 1. The molecule has 0 saturated heterocycles. The van der Waals surface area contributed by atoms with Gasteiger partial charge in [0.2, 0.25) is 0 Å². The average Bonchev–Trinajstić information content (AvgIpc) is 2.83. The second kappa shape index (κ2) is 6.78. The summed E-state index contributed by atoms with van der Waals surface area (Å²) in [4.78, 5) is 32.0. The van der Waals surface area contributed by atoms with E-state index in [9.17, 15) is 24.8 Å². The molecule has 0 aliphatic rings. The van der Waals surface area contributed by atoms with Gasteiger partial charge in [-0.1, -0.05) is 0 Å². The Bertz CT molecular complexity index is 486. The predicted molar refractivity (Wildman–Crippen MR) is 64.6 cm³/mol. The lowest BCUT2D eigenvalue weighted by Gasteiger charge is -2.18. The Labute approximate surface area is 112 Å². The molecule has 0 aliphatic heterocycles. The van der Waals surface area contributed by atoms with E-state index in [-0.39, 0.29) is 12.2 Å². The van der Waals surface area contributed by atoms with E-state index in [1.54, 1.807) is 6.26 Å². The first kappa shape index (κ1) is 15.0. The van der Waals surface area contributed by atoms with Crippen molar-refractivity contribution in [1.29, 1.82) is 0 Å². The van der Waals surface area contributed by atoms with Gasteiger partial charge in [-0.05, 0) is 24.5 Å². The van der Waals surface area contributed by atoms with Gasteiger partial charge in [-0.2, -0.15) is 11.8 Å². The summed E-state index contributed by atoms with van der Waals surface area (Å²) in [6.45, 7) is 0. The minimum absolute atomic E-state index is 0.193. The molecule has 1 aromatic rings. The third-order valence-electron chi connectivity index (χ3n) is 2.20. The SMILES string of the molecule is CSCC[C@H](NC(=O)c1ccc([N+](=O)[O-])o1)C(=O)[O-]. The number of nitrogens with one attached hydrogen (secondary N) is 1. The molecule has 19 heavy (non-hydrogen) atoms. The summed E-state index contributed by atoms with van der Waals surface area (Å²) < 4.78 is 4.66. The van der Waals surface area contributed by atoms with E-state index in [1.165, 1.54) is 11.8 Å². The first-order valence-corrected chi connectivity index (χ1v) is 6.60. The van der Waals surface area contributed by atoms with Crippen LogP contribution in [0.3, 0.4) is 0 Å². The number of thioether (sulfide) groups is 1. The maximum Gasteiger partial charge on any atom is 0.433 e. The molecule has 0 bridgehead atoms. The Morgan fingerprint density at radius 1 is 1.53 bits per heavy atom. The van der Waals surface area contributed by atoms with Crippen molar-refractivity contribution in [3.8, 4) is 0 Å². The molecule has 1 atom stereocenters. The topological polar surface area (TPSA) is 126 Å². The van der Waals surface area contributed by atoms with E-state index < -0.39 is 28.7 Å². The quantitative estimate of drug-likeness (QED) is 0.543. The van der Waals surface area contributed by atoms with Crippen molar-refractivity contribution in [2.75, 3.05) is 12.0 Å². The van der Waals surface area contributed by atoms with Crippen molar-refractivity contribution in [3.63, 3.8) is 0 Å². The van der Waals surface area contributed by atoms with Crippen LogP contribution in [-0.2, 0) is 4.79 Å². The smallest absolute Gasteiger partial charge is 0.433 e. The van der Waals surface area contributed by atoms with Gasteiger partial charge in [0, 0.05) is 0 Å². The molecular weight excluding hydrogens is 276 g/mol. The van der Waals surface area contributed by atoms with Crippen molar-refractivity contribution in [2.24, 2.45) is 0 Å². The number of hydrogen-bond donors (Lipinski definition) is 1. The molecule has 0 spiro atoms. The lowest BCUT2D eigenvalue weighted by Crippen LogP contribution is -2.48. The molecule has 0 aromatic carbocycles. The molecule has 1 aromatic heterocycles. The maximum atomic E-state index is 11.6. The summed E-state index contributed by atoms with van der Waals surface area (Å²) in [7, 11) is 0. The fourth-order valence-electron chi connectivity index (χ4n) is 1.26. The van der Waals surface area contributed by atoms with Gasteiger partial charge < -0.3 is 19.6 Å². The van der Waals surface area contributed by atoms with Crippen LogP contribution in [0.2, 0.25) is 0 Å². The van der Waals surface area contributed by atoms with Gasteiger partial charge in [0.25, 0.3) is 5.91 Å². The number of furan rings is 1. The van der Waals surface area contributed by atoms with Crippen molar-refractivity contribution in [2.45, 2.75) is 12.5 Å². The summed E-state index contributed by atoms with van der Waals surface area (Å²) in [5, 5.41) is 23.4. The monoisotopic (exact) mass is 287 g/mol. The number of hydrogen-bond acceptors (Lipinski definition) is 7. The normalized spacial score (nSPS) is 11.8. The van der Waals surface area contributed by atoms with Crippen molar-refractivity contribution >= 4 is 29.5 Å². The Kier molecular flexibility index (Phi) is 5.37. The number of carbonyl (C=O) groups excluding carboxylic acids is 2. The van der Waals surface area contributed by atoms with E-state index in [0.29, 0.717) is 5.75 Å². The highest BCUT2D eigenvalue weighted by Gasteiger charge is 2.20. The van der Waals surface area contributed by atoms with Gasteiger partial charge in [-0.3, -0.25) is 14.9 Å². The molecule has 8 nitrogen and oxygen atoms in total. The molecular formula is C10H11N2O6S-. The number of carbonyl (C=O) groups is 2. The Hall–Kier alpha value is -2.03. The van der Waals surface area contributed by atoms with Crippen LogP contribution in [0.5, 0.6) is 0 Å². The summed E-state index contributed by atoms with van der Waals surface area (Å²) in [6, 6.07) is 0.961. The van der Waals surface area contributed by atoms with E-state index in [0.717, 1.165) is 12.1 Å². The minimum Gasteiger partial charge on any atom is -0.548 e.